The molecule has 2 N–H and O–H groups in total. The number of rotatable bonds is 6. The zero-order chi connectivity index (χ0) is 12.8. The molecule has 1 rings (SSSR count). The lowest BCUT2D eigenvalue weighted by Gasteiger charge is -2.29. The van der Waals surface area contributed by atoms with Crippen LogP contribution in [0.1, 0.15) is 25.5 Å². The Labute approximate surface area is 112 Å². The number of hydrogen-bond acceptors (Lipinski definition) is 3. The van der Waals surface area contributed by atoms with Crippen LogP contribution in [-0.4, -0.2) is 31.6 Å². The zero-order valence-electron chi connectivity index (χ0n) is 10.7. The second-order valence-electron chi connectivity index (χ2n) is 3.86. The summed E-state index contributed by atoms with van der Waals surface area (Å²) in [6.45, 7) is 6.89. The number of hydrogen-bond donors (Lipinski definition) is 1. The van der Waals surface area contributed by atoms with Gasteiger partial charge < -0.3 is 10.5 Å². The van der Waals surface area contributed by atoms with Gasteiger partial charge in [-0.05, 0) is 36.9 Å². The maximum Gasteiger partial charge on any atom is 0.119 e. The Bertz CT molecular complexity index is 353. The van der Waals surface area contributed by atoms with Crippen molar-refractivity contribution in [3.05, 3.63) is 28.2 Å². The summed E-state index contributed by atoms with van der Waals surface area (Å²) in [5.41, 5.74) is 7.10. The van der Waals surface area contributed by atoms with Gasteiger partial charge in [-0.1, -0.05) is 29.8 Å². The van der Waals surface area contributed by atoms with E-state index in [1.165, 1.54) is 5.56 Å². The molecule has 0 spiro atoms. The van der Waals surface area contributed by atoms with Crippen LogP contribution in [0.15, 0.2) is 22.7 Å². The van der Waals surface area contributed by atoms with Crippen LogP contribution in [0, 0.1) is 0 Å². The fourth-order valence-corrected chi connectivity index (χ4v) is 2.55. The van der Waals surface area contributed by atoms with Crippen LogP contribution >= 0.6 is 15.9 Å². The number of likely N-dealkylation sites (N-methyl/N-ethyl adjacent to an activating group) is 1. The van der Waals surface area contributed by atoms with E-state index < -0.39 is 0 Å². The van der Waals surface area contributed by atoms with Crippen molar-refractivity contribution < 1.29 is 4.74 Å². The molecule has 4 heteroatoms. The number of ether oxygens (including phenoxy) is 1. The Morgan fingerprint density at radius 3 is 2.47 bits per heavy atom. The summed E-state index contributed by atoms with van der Waals surface area (Å²) in [4.78, 5) is 2.35. The molecular formula is C13H21BrN2O. The van der Waals surface area contributed by atoms with Crippen molar-refractivity contribution in [2.75, 3.05) is 26.7 Å². The molecule has 3 nitrogen and oxygen atoms in total. The lowest BCUT2D eigenvalue weighted by molar-refractivity contribution is 0.223. The van der Waals surface area contributed by atoms with E-state index in [-0.39, 0.29) is 6.04 Å². The largest absolute Gasteiger partial charge is 0.497 e. The third-order valence-electron chi connectivity index (χ3n) is 3.04. The molecule has 0 aliphatic heterocycles. The summed E-state index contributed by atoms with van der Waals surface area (Å²) < 4.78 is 6.36. The van der Waals surface area contributed by atoms with Crippen molar-refractivity contribution in [1.29, 1.82) is 0 Å². The van der Waals surface area contributed by atoms with Gasteiger partial charge in [-0.15, -0.1) is 0 Å². The average Bonchev–Trinajstić information content (AvgIpc) is 2.37. The molecule has 96 valence electrons. The first-order valence-corrected chi connectivity index (χ1v) is 6.74. The molecule has 0 aromatic heterocycles. The Hall–Kier alpha value is -0.580. The summed E-state index contributed by atoms with van der Waals surface area (Å²) in [6, 6.07) is 6.25. The van der Waals surface area contributed by atoms with Crippen LogP contribution in [0.2, 0.25) is 0 Å². The first kappa shape index (κ1) is 14.5. The number of methoxy groups -OCH3 is 1. The predicted molar refractivity (Wildman–Crippen MR) is 75.4 cm³/mol. The van der Waals surface area contributed by atoms with Gasteiger partial charge in [0.15, 0.2) is 0 Å². The fraction of sp³-hybridized carbons (Fsp3) is 0.538. The highest BCUT2D eigenvalue weighted by Gasteiger charge is 2.19. The van der Waals surface area contributed by atoms with Crippen LogP contribution in [0.5, 0.6) is 5.75 Å². The summed E-state index contributed by atoms with van der Waals surface area (Å²) in [5.74, 6) is 0.869. The summed E-state index contributed by atoms with van der Waals surface area (Å²) in [6.07, 6.45) is 0. The maximum absolute atomic E-state index is 5.91. The molecule has 0 fully saturated rings. The molecule has 0 heterocycles. The van der Waals surface area contributed by atoms with Gasteiger partial charge in [0, 0.05) is 17.1 Å². The molecule has 0 aliphatic rings. The molecule has 1 aromatic carbocycles. The quantitative estimate of drug-likeness (QED) is 0.878. The molecule has 1 atom stereocenters. The molecule has 17 heavy (non-hydrogen) atoms. The van der Waals surface area contributed by atoms with Crippen LogP contribution in [-0.2, 0) is 0 Å². The zero-order valence-corrected chi connectivity index (χ0v) is 12.3. The summed E-state index contributed by atoms with van der Waals surface area (Å²) in [5, 5.41) is 0. The number of nitrogens with zero attached hydrogens (tertiary/aromatic N) is 1. The molecule has 0 bridgehead atoms. The van der Waals surface area contributed by atoms with E-state index in [4.69, 9.17) is 10.5 Å². The second kappa shape index (κ2) is 6.99. The topological polar surface area (TPSA) is 38.5 Å². The number of benzene rings is 1. The SMILES string of the molecule is CCN(CC)C(CN)c1cc(OC)ccc1Br. The van der Waals surface area contributed by atoms with E-state index in [2.05, 4.69) is 40.7 Å². The van der Waals surface area contributed by atoms with Crippen molar-refractivity contribution in [1.82, 2.24) is 4.90 Å². The number of nitrogens with two attached hydrogens (primary N) is 1. The van der Waals surface area contributed by atoms with Gasteiger partial charge in [-0.3, -0.25) is 4.90 Å². The minimum absolute atomic E-state index is 0.231. The van der Waals surface area contributed by atoms with Crippen LogP contribution in [0.25, 0.3) is 0 Å². The van der Waals surface area contributed by atoms with Crippen molar-refractivity contribution in [3.63, 3.8) is 0 Å². The first-order chi connectivity index (χ1) is 8.17. The molecule has 0 aliphatic carbocycles. The Balaban J connectivity index is 3.09. The highest BCUT2D eigenvalue weighted by molar-refractivity contribution is 9.10. The van der Waals surface area contributed by atoms with Gasteiger partial charge in [0.05, 0.1) is 7.11 Å². The van der Waals surface area contributed by atoms with Crippen LogP contribution in [0.4, 0.5) is 0 Å². The highest BCUT2D eigenvalue weighted by atomic mass is 79.9. The smallest absolute Gasteiger partial charge is 0.119 e. The van der Waals surface area contributed by atoms with Crippen molar-refractivity contribution in [2.24, 2.45) is 5.73 Å². The van der Waals surface area contributed by atoms with Crippen molar-refractivity contribution >= 4 is 15.9 Å². The van der Waals surface area contributed by atoms with Gasteiger partial charge in [0.25, 0.3) is 0 Å². The van der Waals surface area contributed by atoms with Gasteiger partial charge in [-0.2, -0.15) is 0 Å². The monoisotopic (exact) mass is 300 g/mol. The molecule has 0 radical (unpaired) electrons. The second-order valence-corrected chi connectivity index (χ2v) is 4.71. The molecule has 1 aromatic rings. The lowest BCUT2D eigenvalue weighted by Crippen LogP contribution is -2.33. The van der Waals surface area contributed by atoms with Gasteiger partial charge in [-0.25, -0.2) is 0 Å². The highest BCUT2D eigenvalue weighted by Crippen LogP contribution is 2.30. The first-order valence-electron chi connectivity index (χ1n) is 5.95. The van der Waals surface area contributed by atoms with E-state index in [0.29, 0.717) is 6.54 Å². The minimum atomic E-state index is 0.231. The lowest BCUT2D eigenvalue weighted by atomic mass is 10.0. The van der Waals surface area contributed by atoms with E-state index in [0.717, 1.165) is 23.3 Å². The van der Waals surface area contributed by atoms with Gasteiger partial charge in [0.1, 0.15) is 5.75 Å². The van der Waals surface area contributed by atoms with E-state index >= 15 is 0 Å². The molecule has 0 saturated carbocycles. The van der Waals surface area contributed by atoms with Crippen molar-refractivity contribution in [3.8, 4) is 5.75 Å². The molecule has 0 amide bonds. The molecular weight excluding hydrogens is 280 g/mol. The Kier molecular flexibility index (Phi) is 5.95. The third kappa shape index (κ3) is 3.44. The normalized spacial score (nSPS) is 12.8. The van der Waals surface area contributed by atoms with Crippen LogP contribution in [0.3, 0.4) is 0 Å². The fourth-order valence-electron chi connectivity index (χ4n) is 2.04. The van der Waals surface area contributed by atoms with E-state index in [1.807, 2.05) is 12.1 Å². The van der Waals surface area contributed by atoms with E-state index in [1.54, 1.807) is 7.11 Å². The summed E-state index contributed by atoms with van der Waals surface area (Å²) in [7, 11) is 1.68. The van der Waals surface area contributed by atoms with E-state index in [9.17, 15) is 0 Å². The number of halogens is 1. The standard InChI is InChI=1S/C13H21BrN2O/c1-4-16(5-2)13(9-15)11-8-10(17-3)6-7-12(11)14/h6-8,13H,4-5,9,15H2,1-3H3. The van der Waals surface area contributed by atoms with Crippen molar-refractivity contribution in [2.45, 2.75) is 19.9 Å². The molecule has 1 unspecified atom stereocenters. The summed E-state index contributed by atoms with van der Waals surface area (Å²) >= 11 is 3.59. The predicted octanol–water partition coefficient (Wildman–Crippen LogP) is 2.80. The minimum Gasteiger partial charge on any atom is -0.497 e. The average molecular weight is 301 g/mol. The third-order valence-corrected chi connectivity index (χ3v) is 3.76. The Morgan fingerprint density at radius 2 is 2.00 bits per heavy atom. The molecule has 0 saturated heterocycles. The van der Waals surface area contributed by atoms with Gasteiger partial charge >= 0.3 is 0 Å². The Morgan fingerprint density at radius 1 is 1.35 bits per heavy atom. The van der Waals surface area contributed by atoms with Crippen LogP contribution < -0.4 is 10.5 Å². The maximum atomic E-state index is 5.91. The van der Waals surface area contributed by atoms with Gasteiger partial charge in [0.2, 0.25) is 0 Å².